The molecule has 0 bridgehead atoms. The van der Waals surface area contributed by atoms with Crippen molar-refractivity contribution < 1.29 is 13.9 Å². The molecule has 154 valence electrons. The lowest BCUT2D eigenvalue weighted by Gasteiger charge is -2.20. The summed E-state index contributed by atoms with van der Waals surface area (Å²) in [6.45, 7) is 4.24. The second kappa shape index (κ2) is 8.22. The smallest absolute Gasteiger partial charge is 0.228 e. The number of hydrogen-bond acceptors (Lipinski definition) is 4. The van der Waals surface area contributed by atoms with E-state index < -0.39 is 5.41 Å². The van der Waals surface area contributed by atoms with Crippen LogP contribution < -0.4 is 10.1 Å². The monoisotopic (exact) mass is 405 g/mol. The molecule has 1 amide bonds. The molecular weight excluding hydrogens is 381 g/mol. The van der Waals surface area contributed by atoms with Crippen molar-refractivity contribution in [1.82, 2.24) is 9.97 Å². The minimum Gasteiger partial charge on any atom is -0.489 e. The van der Waals surface area contributed by atoms with Gasteiger partial charge in [0.1, 0.15) is 11.6 Å². The molecule has 5 nitrogen and oxygen atoms in total. The first-order chi connectivity index (χ1) is 14.5. The van der Waals surface area contributed by atoms with Gasteiger partial charge in [-0.2, -0.15) is 0 Å². The van der Waals surface area contributed by atoms with Gasteiger partial charge in [0.05, 0.1) is 24.4 Å². The number of hydrogen-bond donors (Lipinski definition) is 1. The van der Waals surface area contributed by atoms with E-state index in [0.29, 0.717) is 30.3 Å². The zero-order valence-corrected chi connectivity index (χ0v) is 17.1. The Labute approximate surface area is 175 Å². The number of anilines is 1. The number of benzene rings is 2. The molecule has 0 radical (unpaired) electrons. The van der Waals surface area contributed by atoms with Crippen molar-refractivity contribution in [3.8, 4) is 5.75 Å². The average molecular weight is 405 g/mol. The third-order valence-electron chi connectivity index (χ3n) is 5.62. The van der Waals surface area contributed by atoms with Gasteiger partial charge in [0.15, 0.2) is 5.75 Å². The Hall–Kier alpha value is -3.28. The zero-order chi connectivity index (χ0) is 21.1. The normalized spacial score (nSPS) is 19.9. The summed E-state index contributed by atoms with van der Waals surface area (Å²) in [5.74, 6) is 0.702. The lowest BCUT2D eigenvalue weighted by Crippen LogP contribution is -2.26. The molecule has 1 saturated carbocycles. The summed E-state index contributed by atoms with van der Waals surface area (Å²) in [6, 6.07) is 15.7. The molecule has 0 saturated heterocycles. The SMILES string of the molecule is CCc1nc(C)ncc1OC[C@@]1(c2ccccc2)C[C@H]1C(=O)Nc1ccc(F)cc1. The van der Waals surface area contributed by atoms with E-state index >= 15 is 0 Å². The van der Waals surface area contributed by atoms with Gasteiger partial charge in [-0.15, -0.1) is 0 Å². The van der Waals surface area contributed by atoms with E-state index in [4.69, 9.17) is 4.74 Å². The fourth-order valence-electron chi connectivity index (χ4n) is 3.83. The third-order valence-corrected chi connectivity index (χ3v) is 5.62. The number of ether oxygens (including phenoxy) is 1. The summed E-state index contributed by atoms with van der Waals surface area (Å²) in [5.41, 5.74) is 2.09. The summed E-state index contributed by atoms with van der Waals surface area (Å²) in [5, 5.41) is 2.90. The maximum Gasteiger partial charge on any atom is 0.228 e. The van der Waals surface area contributed by atoms with Crippen molar-refractivity contribution in [2.24, 2.45) is 5.92 Å². The Balaban J connectivity index is 1.54. The number of carbonyl (C=O) groups excluding carboxylic acids is 1. The highest BCUT2D eigenvalue weighted by Gasteiger charge is 2.60. The van der Waals surface area contributed by atoms with Crippen LogP contribution in [0.3, 0.4) is 0 Å². The minimum atomic E-state index is -0.415. The van der Waals surface area contributed by atoms with E-state index in [1.165, 1.54) is 12.1 Å². The molecule has 0 aliphatic heterocycles. The van der Waals surface area contributed by atoms with Crippen LogP contribution in [-0.4, -0.2) is 22.5 Å². The molecule has 2 atom stereocenters. The summed E-state index contributed by atoms with van der Waals surface area (Å²) < 4.78 is 19.3. The van der Waals surface area contributed by atoms with Crippen LogP contribution in [0, 0.1) is 18.7 Å². The second-order valence-corrected chi connectivity index (χ2v) is 7.65. The summed E-state index contributed by atoms with van der Waals surface area (Å²) in [4.78, 5) is 21.7. The molecule has 6 heteroatoms. The number of halogens is 1. The quantitative estimate of drug-likeness (QED) is 0.630. The molecule has 1 N–H and O–H groups in total. The Bertz CT molecular complexity index is 1040. The molecular formula is C24H24FN3O2. The molecule has 1 heterocycles. The highest BCUT2D eigenvalue weighted by Crippen LogP contribution is 2.55. The van der Waals surface area contributed by atoms with Crippen molar-refractivity contribution in [2.45, 2.75) is 32.1 Å². The topological polar surface area (TPSA) is 64.1 Å². The van der Waals surface area contributed by atoms with E-state index in [9.17, 15) is 9.18 Å². The van der Waals surface area contributed by atoms with E-state index in [0.717, 1.165) is 17.7 Å². The standard InChI is InChI=1S/C24H24FN3O2/c1-3-21-22(14-26-16(2)27-21)30-15-24(17-7-5-4-6-8-17)13-20(24)23(29)28-19-11-9-18(25)10-12-19/h4-12,14,20H,3,13,15H2,1-2H3,(H,28,29)/t20-,24+/m0/s1. The molecule has 30 heavy (non-hydrogen) atoms. The maximum absolute atomic E-state index is 13.1. The lowest BCUT2D eigenvalue weighted by molar-refractivity contribution is -0.117. The molecule has 1 fully saturated rings. The fraction of sp³-hybridized carbons (Fsp3) is 0.292. The van der Waals surface area contributed by atoms with Gasteiger partial charge in [0.2, 0.25) is 5.91 Å². The predicted molar refractivity (Wildman–Crippen MR) is 113 cm³/mol. The van der Waals surface area contributed by atoms with Crippen LogP contribution in [0.5, 0.6) is 5.75 Å². The maximum atomic E-state index is 13.1. The van der Waals surface area contributed by atoms with Crippen LogP contribution in [-0.2, 0) is 16.6 Å². The van der Waals surface area contributed by atoms with Crippen LogP contribution in [0.15, 0.2) is 60.8 Å². The molecule has 1 aliphatic rings. The van der Waals surface area contributed by atoms with Gasteiger partial charge in [-0.1, -0.05) is 37.3 Å². The van der Waals surface area contributed by atoms with Crippen molar-refractivity contribution in [2.75, 3.05) is 11.9 Å². The minimum absolute atomic E-state index is 0.0927. The number of carbonyl (C=O) groups is 1. The second-order valence-electron chi connectivity index (χ2n) is 7.65. The molecule has 0 spiro atoms. The lowest BCUT2D eigenvalue weighted by atomic mass is 9.93. The van der Waals surface area contributed by atoms with E-state index in [2.05, 4.69) is 15.3 Å². The van der Waals surface area contributed by atoms with Gasteiger partial charge in [-0.05, 0) is 49.6 Å². The van der Waals surface area contributed by atoms with Crippen molar-refractivity contribution in [1.29, 1.82) is 0 Å². The Morgan fingerprint density at radius 3 is 2.63 bits per heavy atom. The van der Waals surface area contributed by atoms with Gasteiger partial charge < -0.3 is 10.1 Å². The largest absolute Gasteiger partial charge is 0.489 e. The molecule has 4 rings (SSSR count). The summed E-state index contributed by atoms with van der Waals surface area (Å²) >= 11 is 0. The van der Waals surface area contributed by atoms with Crippen LogP contribution in [0.2, 0.25) is 0 Å². The fourth-order valence-corrected chi connectivity index (χ4v) is 3.83. The Kier molecular flexibility index (Phi) is 5.48. The average Bonchev–Trinajstić information content (AvgIpc) is 3.51. The molecule has 1 aliphatic carbocycles. The van der Waals surface area contributed by atoms with E-state index in [1.54, 1.807) is 18.3 Å². The van der Waals surface area contributed by atoms with Gasteiger partial charge in [0, 0.05) is 11.1 Å². The van der Waals surface area contributed by atoms with Crippen molar-refractivity contribution in [3.63, 3.8) is 0 Å². The van der Waals surface area contributed by atoms with Crippen LogP contribution >= 0.6 is 0 Å². The summed E-state index contributed by atoms with van der Waals surface area (Å²) in [7, 11) is 0. The van der Waals surface area contributed by atoms with Gasteiger partial charge in [0.25, 0.3) is 0 Å². The zero-order valence-electron chi connectivity index (χ0n) is 17.1. The number of amides is 1. The van der Waals surface area contributed by atoms with Crippen molar-refractivity contribution in [3.05, 3.63) is 83.7 Å². The van der Waals surface area contributed by atoms with Gasteiger partial charge in [-0.3, -0.25) is 4.79 Å². The number of nitrogens with one attached hydrogen (secondary N) is 1. The molecule has 2 aromatic carbocycles. The van der Waals surface area contributed by atoms with Crippen molar-refractivity contribution >= 4 is 11.6 Å². The molecule has 3 aromatic rings. The first kappa shape index (κ1) is 20.0. The number of rotatable bonds is 7. The third kappa shape index (κ3) is 4.03. The van der Waals surface area contributed by atoms with E-state index in [-0.39, 0.29) is 17.6 Å². The van der Waals surface area contributed by atoms with E-state index in [1.807, 2.05) is 44.2 Å². The molecule has 0 unspecified atom stereocenters. The number of aryl methyl sites for hydroxylation is 2. The first-order valence-electron chi connectivity index (χ1n) is 10.1. The molecule has 1 aromatic heterocycles. The van der Waals surface area contributed by atoms with Crippen LogP contribution in [0.1, 0.15) is 30.4 Å². The number of aromatic nitrogens is 2. The predicted octanol–water partition coefficient (Wildman–Crippen LogP) is 4.46. The summed E-state index contributed by atoms with van der Waals surface area (Å²) in [6.07, 6.45) is 3.12. The van der Waals surface area contributed by atoms with Crippen LogP contribution in [0.4, 0.5) is 10.1 Å². The highest BCUT2D eigenvalue weighted by atomic mass is 19.1. The highest BCUT2D eigenvalue weighted by molar-refractivity contribution is 5.96. The Morgan fingerprint density at radius 2 is 1.93 bits per heavy atom. The van der Waals surface area contributed by atoms with Gasteiger partial charge in [-0.25, -0.2) is 14.4 Å². The Morgan fingerprint density at radius 1 is 1.20 bits per heavy atom. The van der Waals surface area contributed by atoms with Gasteiger partial charge >= 0.3 is 0 Å². The first-order valence-corrected chi connectivity index (χ1v) is 10.1. The number of nitrogens with zero attached hydrogens (tertiary/aromatic N) is 2. The van der Waals surface area contributed by atoms with Crippen LogP contribution in [0.25, 0.3) is 0 Å².